The van der Waals surface area contributed by atoms with E-state index in [4.69, 9.17) is 10.5 Å². The van der Waals surface area contributed by atoms with Gasteiger partial charge < -0.3 is 15.8 Å². The van der Waals surface area contributed by atoms with Gasteiger partial charge in [0.2, 0.25) is 0 Å². The third-order valence-electron chi connectivity index (χ3n) is 3.35. The molecule has 0 aromatic rings. The first-order valence-corrected chi connectivity index (χ1v) is 7.10. The Morgan fingerprint density at radius 1 is 1.33 bits per heavy atom. The molecule has 0 unspecified atom stereocenters. The topological polar surface area (TPSA) is 64.3 Å². The highest BCUT2D eigenvalue weighted by molar-refractivity contribution is 5.68. The number of nitrogens with two attached hydrogens (primary N) is 1. The molecule has 0 radical (unpaired) electrons. The van der Waals surface area contributed by atoms with E-state index in [1.54, 1.807) is 0 Å². The van der Waals surface area contributed by atoms with Crippen LogP contribution in [0.5, 0.6) is 0 Å². The molecule has 0 spiro atoms. The SMILES string of the molecule is CC(C)(C)OC(=O)N[C@H](CN)CC1CCCCC1. The van der Waals surface area contributed by atoms with Crippen LogP contribution in [-0.4, -0.2) is 24.3 Å². The van der Waals surface area contributed by atoms with E-state index < -0.39 is 5.60 Å². The first kappa shape index (κ1) is 15.3. The van der Waals surface area contributed by atoms with Gasteiger partial charge in [0.15, 0.2) is 0 Å². The maximum atomic E-state index is 11.7. The normalized spacial score (nSPS) is 19.3. The van der Waals surface area contributed by atoms with Crippen molar-refractivity contribution in [3.63, 3.8) is 0 Å². The number of alkyl carbamates (subject to hydrolysis) is 1. The Kier molecular flexibility index (Phi) is 5.93. The zero-order valence-electron chi connectivity index (χ0n) is 12.0. The predicted octanol–water partition coefficient (Wildman–Crippen LogP) is 2.81. The molecule has 1 fully saturated rings. The summed E-state index contributed by atoms with van der Waals surface area (Å²) in [7, 11) is 0. The van der Waals surface area contributed by atoms with Crippen molar-refractivity contribution in [2.75, 3.05) is 6.54 Å². The number of carbonyl (C=O) groups excluding carboxylic acids is 1. The molecule has 0 heterocycles. The van der Waals surface area contributed by atoms with Crippen LogP contribution in [0, 0.1) is 5.92 Å². The number of rotatable bonds is 4. The lowest BCUT2D eigenvalue weighted by Crippen LogP contribution is -2.44. The molecular weight excluding hydrogens is 228 g/mol. The fourth-order valence-corrected chi connectivity index (χ4v) is 2.51. The van der Waals surface area contributed by atoms with Gasteiger partial charge in [-0.15, -0.1) is 0 Å². The minimum absolute atomic E-state index is 0.0444. The van der Waals surface area contributed by atoms with Crippen LogP contribution in [0.15, 0.2) is 0 Å². The molecule has 0 aliphatic heterocycles. The molecule has 106 valence electrons. The monoisotopic (exact) mass is 256 g/mol. The van der Waals surface area contributed by atoms with Crippen LogP contribution >= 0.6 is 0 Å². The van der Waals surface area contributed by atoms with Gasteiger partial charge in [0.05, 0.1) is 0 Å². The summed E-state index contributed by atoms with van der Waals surface area (Å²) in [5.41, 5.74) is 5.28. The van der Waals surface area contributed by atoms with Crippen molar-refractivity contribution < 1.29 is 9.53 Å². The highest BCUT2D eigenvalue weighted by Gasteiger charge is 2.22. The van der Waals surface area contributed by atoms with Crippen molar-refractivity contribution in [3.05, 3.63) is 0 Å². The summed E-state index contributed by atoms with van der Waals surface area (Å²) in [5.74, 6) is 0.710. The molecule has 0 aromatic carbocycles. The van der Waals surface area contributed by atoms with E-state index in [9.17, 15) is 4.79 Å². The van der Waals surface area contributed by atoms with Crippen LogP contribution in [0.25, 0.3) is 0 Å². The molecular formula is C14H28N2O2. The van der Waals surface area contributed by atoms with Crippen molar-refractivity contribution in [2.24, 2.45) is 11.7 Å². The lowest BCUT2D eigenvalue weighted by Gasteiger charge is -2.27. The van der Waals surface area contributed by atoms with Gasteiger partial charge in [0, 0.05) is 12.6 Å². The summed E-state index contributed by atoms with van der Waals surface area (Å²) < 4.78 is 5.25. The number of nitrogens with one attached hydrogen (secondary N) is 1. The van der Waals surface area contributed by atoms with Gasteiger partial charge in [0.1, 0.15) is 5.60 Å². The number of hydrogen-bond acceptors (Lipinski definition) is 3. The molecule has 4 nitrogen and oxygen atoms in total. The summed E-state index contributed by atoms with van der Waals surface area (Å²) >= 11 is 0. The average molecular weight is 256 g/mol. The zero-order chi connectivity index (χ0) is 13.6. The fourth-order valence-electron chi connectivity index (χ4n) is 2.51. The maximum Gasteiger partial charge on any atom is 0.407 e. The predicted molar refractivity (Wildman–Crippen MR) is 73.4 cm³/mol. The van der Waals surface area contributed by atoms with Crippen LogP contribution in [0.2, 0.25) is 0 Å². The largest absolute Gasteiger partial charge is 0.444 e. The summed E-state index contributed by atoms with van der Waals surface area (Å²) in [4.78, 5) is 11.7. The highest BCUT2D eigenvalue weighted by atomic mass is 16.6. The van der Waals surface area contributed by atoms with Crippen molar-refractivity contribution in [3.8, 4) is 0 Å². The smallest absolute Gasteiger partial charge is 0.407 e. The first-order chi connectivity index (χ1) is 8.40. The van der Waals surface area contributed by atoms with Gasteiger partial charge >= 0.3 is 6.09 Å². The molecule has 3 N–H and O–H groups in total. The number of carbonyl (C=O) groups is 1. The second kappa shape index (κ2) is 6.98. The van der Waals surface area contributed by atoms with Crippen molar-refractivity contribution in [2.45, 2.75) is 70.9 Å². The lowest BCUT2D eigenvalue weighted by atomic mass is 9.85. The average Bonchev–Trinajstić information content (AvgIpc) is 2.27. The Balaban J connectivity index is 2.34. The van der Waals surface area contributed by atoms with Crippen molar-refractivity contribution in [1.29, 1.82) is 0 Å². The van der Waals surface area contributed by atoms with Crippen LogP contribution in [0.4, 0.5) is 4.79 Å². The molecule has 1 amide bonds. The second-order valence-corrected chi connectivity index (χ2v) is 6.32. The third kappa shape index (κ3) is 6.24. The molecule has 1 aliphatic rings. The number of amides is 1. The number of ether oxygens (including phenoxy) is 1. The molecule has 1 atom stereocenters. The van der Waals surface area contributed by atoms with Gasteiger partial charge in [-0.1, -0.05) is 32.1 Å². The molecule has 1 rings (SSSR count). The molecule has 18 heavy (non-hydrogen) atoms. The standard InChI is InChI=1S/C14H28N2O2/c1-14(2,3)18-13(17)16-12(10-15)9-11-7-5-4-6-8-11/h11-12H,4-10,15H2,1-3H3,(H,16,17)/t12-/m0/s1. The van der Waals surface area contributed by atoms with Gasteiger partial charge in [-0.2, -0.15) is 0 Å². The highest BCUT2D eigenvalue weighted by Crippen LogP contribution is 2.27. The second-order valence-electron chi connectivity index (χ2n) is 6.32. The molecule has 0 bridgehead atoms. The molecule has 0 saturated heterocycles. The van der Waals surface area contributed by atoms with Crippen molar-refractivity contribution in [1.82, 2.24) is 5.32 Å². The van der Waals surface area contributed by atoms with Gasteiger partial charge in [-0.25, -0.2) is 4.79 Å². The van der Waals surface area contributed by atoms with Crippen LogP contribution in [0.3, 0.4) is 0 Å². The molecule has 0 aromatic heterocycles. The Bertz CT molecular complexity index is 255. The summed E-state index contributed by atoms with van der Waals surface area (Å²) in [6.07, 6.45) is 7.15. The minimum atomic E-state index is -0.450. The zero-order valence-corrected chi connectivity index (χ0v) is 12.0. The van der Waals surface area contributed by atoms with E-state index in [1.807, 2.05) is 20.8 Å². The van der Waals surface area contributed by atoms with E-state index in [-0.39, 0.29) is 12.1 Å². The van der Waals surface area contributed by atoms with Gasteiger partial charge in [-0.05, 0) is 33.1 Å². The summed E-state index contributed by atoms with van der Waals surface area (Å²) in [6, 6.07) is 0.0444. The van der Waals surface area contributed by atoms with Crippen molar-refractivity contribution >= 4 is 6.09 Å². The van der Waals surface area contributed by atoms with Gasteiger partial charge in [0.25, 0.3) is 0 Å². The van der Waals surface area contributed by atoms with E-state index in [1.165, 1.54) is 32.1 Å². The number of hydrogen-bond donors (Lipinski definition) is 2. The summed E-state index contributed by atoms with van der Waals surface area (Å²) in [6.45, 7) is 6.08. The Hall–Kier alpha value is -0.770. The van der Waals surface area contributed by atoms with Crippen LogP contribution in [0.1, 0.15) is 59.3 Å². The van der Waals surface area contributed by atoms with E-state index >= 15 is 0 Å². The van der Waals surface area contributed by atoms with E-state index in [0.717, 1.165) is 6.42 Å². The Morgan fingerprint density at radius 3 is 2.44 bits per heavy atom. The van der Waals surface area contributed by atoms with E-state index in [2.05, 4.69) is 5.32 Å². The quantitative estimate of drug-likeness (QED) is 0.813. The molecule has 1 aliphatic carbocycles. The lowest BCUT2D eigenvalue weighted by molar-refractivity contribution is 0.0497. The molecule has 4 heteroatoms. The minimum Gasteiger partial charge on any atom is -0.444 e. The van der Waals surface area contributed by atoms with E-state index in [0.29, 0.717) is 12.5 Å². The Labute approximate surface area is 111 Å². The molecule has 1 saturated carbocycles. The first-order valence-electron chi connectivity index (χ1n) is 7.10. The van der Waals surface area contributed by atoms with Crippen LogP contribution < -0.4 is 11.1 Å². The van der Waals surface area contributed by atoms with Crippen LogP contribution in [-0.2, 0) is 4.74 Å². The Morgan fingerprint density at radius 2 is 1.94 bits per heavy atom. The summed E-state index contributed by atoms with van der Waals surface area (Å²) in [5, 5.41) is 2.88. The third-order valence-corrected chi connectivity index (χ3v) is 3.35. The fraction of sp³-hybridized carbons (Fsp3) is 0.929. The maximum absolute atomic E-state index is 11.7. The van der Waals surface area contributed by atoms with Gasteiger partial charge in [-0.3, -0.25) is 0 Å².